The number of primary sulfonamides is 1. The molecule has 0 radical (unpaired) electrons. The van der Waals surface area contributed by atoms with E-state index < -0.39 is 32.9 Å². The summed E-state index contributed by atoms with van der Waals surface area (Å²) in [5.74, 6) is 0. The molecule has 3 N–H and O–H groups in total. The van der Waals surface area contributed by atoms with Crippen LogP contribution in [0.25, 0.3) is 11.0 Å². The van der Waals surface area contributed by atoms with Gasteiger partial charge in [0.25, 0.3) is 0 Å². The van der Waals surface area contributed by atoms with Gasteiger partial charge in [-0.05, 0) is 25.1 Å². The van der Waals surface area contributed by atoms with Crippen LogP contribution in [0.5, 0.6) is 0 Å². The van der Waals surface area contributed by atoms with Crippen LogP contribution in [0.15, 0.2) is 27.8 Å². The first-order valence-corrected chi connectivity index (χ1v) is 8.12. The van der Waals surface area contributed by atoms with E-state index in [1.165, 1.54) is 6.07 Å². The van der Waals surface area contributed by atoms with Crippen LogP contribution >= 0.6 is 0 Å². The third-order valence-electron chi connectivity index (χ3n) is 2.62. The Morgan fingerprint density at radius 3 is 2.22 bits per heavy atom. The number of aryl methyl sites for hydroxylation is 1. The lowest BCUT2D eigenvalue weighted by Gasteiger charge is -2.10. The molecule has 0 bridgehead atoms. The molecule has 7 nitrogen and oxygen atoms in total. The summed E-state index contributed by atoms with van der Waals surface area (Å²) < 4.78 is 57.5. The molecule has 11 heteroatoms. The van der Waals surface area contributed by atoms with E-state index in [9.17, 15) is 31.2 Å². The van der Waals surface area contributed by atoms with E-state index in [1.54, 1.807) is 6.92 Å². The van der Waals surface area contributed by atoms with Crippen molar-refractivity contribution in [2.45, 2.75) is 19.6 Å². The average Bonchev–Trinajstić information content (AvgIpc) is 2.36. The minimum atomic E-state index is -4.49. The zero-order valence-corrected chi connectivity index (χ0v) is 13.0. The molecule has 0 saturated carbocycles. The predicted octanol–water partition coefficient (Wildman–Crippen LogP) is 0.633. The number of rotatable bonds is 1. The van der Waals surface area contributed by atoms with Gasteiger partial charge in [0.1, 0.15) is 0 Å². The maximum Gasteiger partial charge on any atom is 0.416 e. The van der Waals surface area contributed by atoms with Crippen molar-refractivity contribution < 1.29 is 21.6 Å². The fourth-order valence-corrected chi connectivity index (χ4v) is 1.77. The maximum absolute atomic E-state index is 12.5. The SMILES string of the molecule is CCn1c(=O)c(=O)[nH]c2cc(C(F)(F)F)ccc21.CS(N)(=O)=O. The van der Waals surface area contributed by atoms with Crippen molar-refractivity contribution in [2.75, 3.05) is 6.26 Å². The summed E-state index contributed by atoms with van der Waals surface area (Å²) in [6.07, 6.45) is -3.55. The van der Waals surface area contributed by atoms with E-state index in [1.807, 2.05) is 0 Å². The van der Waals surface area contributed by atoms with Crippen LogP contribution in [0.2, 0.25) is 0 Å². The molecule has 0 aliphatic rings. The van der Waals surface area contributed by atoms with Gasteiger partial charge < -0.3 is 9.55 Å². The number of aromatic nitrogens is 2. The molecule has 0 spiro atoms. The Balaban J connectivity index is 0.000000463. The highest BCUT2D eigenvalue weighted by Gasteiger charge is 2.30. The summed E-state index contributed by atoms with van der Waals surface area (Å²) in [5.41, 5.74) is -2.30. The van der Waals surface area contributed by atoms with E-state index in [0.717, 1.165) is 23.0 Å². The Kier molecular flexibility index (Phi) is 5.38. The van der Waals surface area contributed by atoms with Crippen molar-refractivity contribution >= 4 is 21.1 Å². The van der Waals surface area contributed by atoms with E-state index >= 15 is 0 Å². The molecule has 23 heavy (non-hydrogen) atoms. The molecule has 0 atom stereocenters. The van der Waals surface area contributed by atoms with Gasteiger partial charge in [-0.25, -0.2) is 13.6 Å². The van der Waals surface area contributed by atoms with Crippen molar-refractivity contribution in [2.24, 2.45) is 5.14 Å². The zero-order chi connectivity index (χ0) is 18.0. The topological polar surface area (TPSA) is 115 Å². The van der Waals surface area contributed by atoms with Crippen LogP contribution in [0.4, 0.5) is 13.2 Å². The molecule has 0 unspecified atom stereocenters. The second-order valence-electron chi connectivity index (χ2n) is 4.56. The molecular weight excluding hydrogens is 339 g/mol. The number of alkyl halides is 3. The first kappa shape index (κ1) is 18.9. The summed E-state index contributed by atoms with van der Waals surface area (Å²) in [7, 11) is -3.17. The number of hydrogen-bond acceptors (Lipinski definition) is 4. The molecule has 0 aliphatic carbocycles. The molecule has 0 saturated heterocycles. The maximum atomic E-state index is 12.5. The highest BCUT2D eigenvalue weighted by Crippen LogP contribution is 2.30. The van der Waals surface area contributed by atoms with Crippen LogP contribution in [-0.4, -0.2) is 24.2 Å². The highest BCUT2D eigenvalue weighted by atomic mass is 32.2. The lowest BCUT2D eigenvalue weighted by atomic mass is 10.2. The van der Waals surface area contributed by atoms with Crippen molar-refractivity contribution in [3.8, 4) is 0 Å². The minimum Gasteiger partial charge on any atom is -0.316 e. The molecule has 128 valence electrons. The van der Waals surface area contributed by atoms with Crippen molar-refractivity contribution in [3.05, 3.63) is 44.5 Å². The first-order valence-electron chi connectivity index (χ1n) is 6.16. The van der Waals surface area contributed by atoms with Gasteiger partial charge in [-0.3, -0.25) is 9.59 Å². The van der Waals surface area contributed by atoms with Crippen LogP contribution in [0.3, 0.4) is 0 Å². The molecule has 0 fully saturated rings. The van der Waals surface area contributed by atoms with Gasteiger partial charge in [-0.2, -0.15) is 13.2 Å². The molecular formula is C12H14F3N3O4S. The number of sulfonamides is 1. The van der Waals surface area contributed by atoms with Gasteiger partial charge in [-0.1, -0.05) is 0 Å². The molecule has 1 heterocycles. The lowest BCUT2D eigenvalue weighted by molar-refractivity contribution is -0.137. The third kappa shape index (κ3) is 5.21. The summed E-state index contributed by atoms with van der Waals surface area (Å²) in [6.45, 7) is 1.85. The normalized spacial score (nSPS) is 11.9. The van der Waals surface area contributed by atoms with E-state index in [2.05, 4.69) is 10.1 Å². The number of halogens is 3. The average molecular weight is 353 g/mol. The Bertz CT molecular complexity index is 921. The van der Waals surface area contributed by atoms with Gasteiger partial charge in [0.15, 0.2) is 0 Å². The van der Waals surface area contributed by atoms with E-state index in [0.29, 0.717) is 0 Å². The van der Waals surface area contributed by atoms with Gasteiger partial charge in [0.2, 0.25) is 10.0 Å². The minimum absolute atomic E-state index is 0.00345. The van der Waals surface area contributed by atoms with Crippen LogP contribution < -0.4 is 16.3 Å². The van der Waals surface area contributed by atoms with E-state index in [4.69, 9.17) is 0 Å². The highest BCUT2D eigenvalue weighted by molar-refractivity contribution is 7.88. The number of nitrogens with two attached hydrogens (primary N) is 1. The fraction of sp³-hybridized carbons (Fsp3) is 0.333. The Morgan fingerprint density at radius 1 is 1.26 bits per heavy atom. The van der Waals surface area contributed by atoms with Crippen molar-refractivity contribution in [1.82, 2.24) is 9.55 Å². The third-order valence-corrected chi connectivity index (χ3v) is 2.62. The predicted molar refractivity (Wildman–Crippen MR) is 78.5 cm³/mol. The van der Waals surface area contributed by atoms with Crippen molar-refractivity contribution in [3.63, 3.8) is 0 Å². The number of aromatic amines is 1. The molecule has 0 aliphatic heterocycles. The Labute approximate surface area is 128 Å². The molecule has 0 amide bonds. The quantitative estimate of drug-likeness (QED) is 0.732. The summed E-state index contributed by atoms with van der Waals surface area (Å²) in [4.78, 5) is 25.0. The molecule has 2 rings (SSSR count). The summed E-state index contributed by atoms with van der Waals surface area (Å²) >= 11 is 0. The largest absolute Gasteiger partial charge is 0.416 e. The number of fused-ring (bicyclic) bond motifs is 1. The monoisotopic (exact) mass is 353 g/mol. The first-order chi connectivity index (χ1) is 10.3. The number of H-pyrrole nitrogens is 1. The van der Waals surface area contributed by atoms with Crippen LogP contribution in [0, 0.1) is 0 Å². The number of hydrogen-bond donors (Lipinski definition) is 2. The van der Waals surface area contributed by atoms with Gasteiger partial charge in [0, 0.05) is 6.54 Å². The lowest BCUT2D eigenvalue weighted by Crippen LogP contribution is -2.36. The standard InChI is InChI=1S/C11H9F3N2O2.CH5NO2S/c1-2-16-8-4-3-6(11(12,13)14)5-7(8)15-9(17)10(16)18;1-5(2,3)4/h3-5H,2H2,1H3,(H,15,17);1H3,(H2,2,3,4). The molecule has 1 aromatic carbocycles. The summed E-state index contributed by atoms with van der Waals surface area (Å²) in [6, 6.07) is 2.88. The number of benzene rings is 1. The second kappa shape index (κ2) is 6.54. The molecule has 2 aromatic rings. The van der Waals surface area contributed by atoms with Crippen LogP contribution in [-0.2, 0) is 22.7 Å². The molecule has 1 aromatic heterocycles. The van der Waals surface area contributed by atoms with Crippen LogP contribution in [0.1, 0.15) is 12.5 Å². The van der Waals surface area contributed by atoms with E-state index in [-0.39, 0.29) is 17.6 Å². The van der Waals surface area contributed by atoms with Gasteiger partial charge >= 0.3 is 17.3 Å². The number of nitrogens with one attached hydrogen (secondary N) is 1. The summed E-state index contributed by atoms with van der Waals surface area (Å²) in [5, 5.41) is 4.33. The fourth-order valence-electron chi connectivity index (χ4n) is 1.77. The van der Waals surface area contributed by atoms with Gasteiger partial charge in [-0.15, -0.1) is 0 Å². The number of nitrogens with zero attached hydrogens (tertiary/aromatic N) is 1. The Hall–Kier alpha value is -2.14. The Morgan fingerprint density at radius 2 is 1.78 bits per heavy atom. The zero-order valence-electron chi connectivity index (χ0n) is 12.1. The van der Waals surface area contributed by atoms with Crippen molar-refractivity contribution in [1.29, 1.82) is 0 Å². The smallest absolute Gasteiger partial charge is 0.316 e. The second-order valence-corrected chi connectivity index (χ2v) is 6.22. The van der Waals surface area contributed by atoms with Gasteiger partial charge in [0.05, 0.1) is 22.9 Å².